The fourth-order valence-corrected chi connectivity index (χ4v) is 1.51. The summed E-state index contributed by atoms with van der Waals surface area (Å²) in [7, 11) is 1.54. The van der Waals surface area contributed by atoms with Gasteiger partial charge in [0, 0.05) is 33.0 Å². The van der Waals surface area contributed by atoms with Crippen LogP contribution < -0.4 is 0 Å². The Kier molecular flexibility index (Phi) is 3.09. The number of rotatable bonds is 3. The average molecular weight is 173 g/mol. The maximum atomic E-state index is 13.7. The van der Waals surface area contributed by atoms with Crippen molar-refractivity contribution in [2.45, 2.75) is 18.5 Å². The van der Waals surface area contributed by atoms with E-state index in [0.717, 1.165) is 13.1 Å². The standard InChI is InChI=1S/C9H16FNO/c1-3-11-6-4-9(10,5-7-11)8-12-2/h3H,1,4-8H2,2H3. The molecule has 0 unspecified atom stereocenters. The molecule has 0 spiro atoms. The molecule has 0 bridgehead atoms. The molecule has 0 N–H and O–H groups in total. The highest BCUT2D eigenvalue weighted by Crippen LogP contribution is 2.26. The summed E-state index contributed by atoms with van der Waals surface area (Å²) in [6.45, 7) is 5.38. The summed E-state index contributed by atoms with van der Waals surface area (Å²) in [5.41, 5.74) is -1.10. The van der Waals surface area contributed by atoms with Gasteiger partial charge >= 0.3 is 0 Å². The Hall–Kier alpha value is -0.570. The smallest absolute Gasteiger partial charge is 0.137 e. The van der Waals surface area contributed by atoms with Gasteiger partial charge in [0.25, 0.3) is 0 Å². The summed E-state index contributed by atoms with van der Waals surface area (Å²) in [4.78, 5) is 2.04. The molecule has 0 amide bonds. The summed E-state index contributed by atoms with van der Waals surface area (Å²) >= 11 is 0. The van der Waals surface area contributed by atoms with Gasteiger partial charge in [0.1, 0.15) is 5.67 Å². The van der Waals surface area contributed by atoms with Crippen LogP contribution in [0.15, 0.2) is 12.8 Å². The maximum absolute atomic E-state index is 13.7. The molecule has 0 aromatic heterocycles. The summed E-state index contributed by atoms with van der Waals surface area (Å²) in [6.07, 6.45) is 2.87. The van der Waals surface area contributed by atoms with Crippen LogP contribution in [-0.4, -0.2) is 37.4 Å². The summed E-state index contributed by atoms with van der Waals surface area (Å²) in [5, 5.41) is 0. The van der Waals surface area contributed by atoms with Crippen LogP contribution in [0, 0.1) is 0 Å². The molecule has 0 aromatic rings. The molecule has 1 heterocycles. The Balaban J connectivity index is 2.38. The first-order valence-electron chi connectivity index (χ1n) is 4.25. The molecule has 2 nitrogen and oxygen atoms in total. The number of hydrogen-bond acceptors (Lipinski definition) is 2. The Labute approximate surface area is 73.0 Å². The lowest BCUT2D eigenvalue weighted by Crippen LogP contribution is -2.42. The third-order valence-electron chi connectivity index (χ3n) is 2.36. The number of nitrogens with zero attached hydrogens (tertiary/aromatic N) is 1. The molecule has 1 fully saturated rings. The molecule has 0 saturated carbocycles. The van der Waals surface area contributed by atoms with E-state index < -0.39 is 5.67 Å². The molecule has 70 valence electrons. The normalized spacial score (nSPS) is 22.3. The minimum Gasteiger partial charge on any atom is -0.381 e. The average Bonchev–Trinajstić information content (AvgIpc) is 2.06. The molecular weight excluding hydrogens is 157 g/mol. The highest BCUT2D eigenvalue weighted by atomic mass is 19.1. The van der Waals surface area contributed by atoms with E-state index in [1.807, 2.05) is 4.90 Å². The van der Waals surface area contributed by atoms with Gasteiger partial charge in [-0.25, -0.2) is 4.39 Å². The van der Waals surface area contributed by atoms with Crippen LogP contribution in [0.3, 0.4) is 0 Å². The van der Waals surface area contributed by atoms with Crippen LogP contribution in [0.1, 0.15) is 12.8 Å². The Bertz CT molecular complexity index is 153. The van der Waals surface area contributed by atoms with Crippen LogP contribution in [0.5, 0.6) is 0 Å². The molecule has 0 aliphatic carbocycles. The molecule has 0 atom stereocenters. The van der Waals surface area contributed by atoms with Gasteiger partial charge in [0.05, 0.1) is 6.61 Å². The monoisotopic (exact) mass is 173 g/mol. The van der Waals surface area contributed by atoms with Crippen LogP contribution in [0.2, 0.25) is 0 Å². The van der Waals surface area contributed by atoms with Crippen LogP contribution in [0.25, 0.3) is 0 Å². The fourth-order valence-electron chi connectivity index (χ4n) is 1.51. The van der Waals surface area contributed by atoms with E-state index in [1.165, 1.54) is 0 Å². The van der Waals surface area contributed by atoms with E-state index in [9.17, 15) is 4.39 Å². The van der Waals surface area contributed by atoms with Crippen molar-refractivity contribution in [2.75, 3.05) is 26.8 Å². The lowest BCUT2D eigenvalue weighted by molar-refractivity contribution is 0.000284. The molecule has 1 aliphatic rings. The second-order valence-corrected chi connectivity index (χ2v) is 3.30. The van der Waals surface area contributed by atoms with Crippen molar-refractivity contribution in [3.8, 4) is 0 Å². The van der Waals surface area contributed by atoms with Crippen molar-refractivity contribution in [2.24, 2.45) is 0 Å². The molecule has 1 aliphatic heterocycles. The summed E-state index contributed by atoms with van der Waals surface area (Å²) in [6, 6.07) is 0. The van der Waals surface area contributed by atoms with Crippen LogP contribution in [-0.2, 0) is 4.74 Å². The first-order chi connectivity index (χ1) is 5.70. The quantitative estimate of drug-likeness (QED) is 0.642. The number of hydrogen-bond donors (Lipinski definition) is 0. The highest BCUT2D eigenvalue weighted by molar-refractivity contribution is 4.88. The number of alkyl halides is 1. The van der Waals surface area contributed by atoms with E-state index in [0.29, 0.717) is 12.8 Å². The van der Waals surface area contributed by atoms with Gasteiger partial charge in [-0.3, -0.25) is 0 Å². The minimum absolute atomic E-state index is 0.220. The lowest BCUT2D eigenvalue weighted by atomic mass is 9.94. The third-order valence-corrected chi connectivity index (χ3v) is 2.36. The second kappa shape index (κ2) is 3.90. The van der Waals surface area contributed by atoms with Crippen molar-refractivity contribution in [3.63, 3.8) is 0 Å². The van der Waals surface area contributed by atoms with Gasteiger partial charge in [-0.05, 0) is 6.20 Å². The van der Waals surface area contributed by atoms with Crippen molar-refractivity contribution >= 4 is 0 Å². The van der Waals surface area contributed by atoms with Crippen molar-refractivity contribution < 1.29 is 9.13 Å². The SMILES string of the molecule is C=CN1CCC(F)(COC)CC1. The summed E-state index contributed by atoms with van der Waals surface area (Å²) in [5.74, 6) is 0. The van der Waals surface area contributed by atoms with E-state index in [2.05, 4.69) is 6.58 Å². The van der Waals surface area contributed by atoms with Crippen LogP contribution >= 0.6 is 0 Å². The molecule has 3 heteroatoms. The predicted molar refractivity (Wildman–Crippen MR) is 46.7 cm³/mol. The van der Waals surface area contributed by atoms with Gasteiger partial charge in [-0.2, -0.15) is 0 Å². The zero-order valence-corrected chi connectivity index (χ0v) is 7.55. The number of halogens is 1. The van der Waals surface area contributed by atoms with E-state index >= 15 is 0 Å². The fraction of sp³-hybridized carbons (Fsp3) is 0.778. The van der Waals surface area contributed by atoms with Gasteiger partial charge < -0.3 is 9.64 Å². The van der Waals surface area contributed by atoms with Gasteiger partial charge in [-0.15, -0.1) is 0 Å². The Morgan fingerprint density at radius 1 is 1.58 bits per heavy atom. The number of likely N-dealkylation sites (tertiary alicyclic amines) is 1. The maximum Gasteiger partial charge on any atom is 0.137 e. The number of methoxy groups -OCH3 is 1. The van der Waals surface area contributed by atoms with Crippen molar-refractivity contribution in [1.82, 2.24) is 4.90 Å². The first-order valence-corrected chi connectivity index (χ1v) is 4.25. The largest absolute Gasteiger partial charge is 0.381 e. The van der Waals surface area contributed by atoms with E-state index in [-0.39, 0.29) is 6.61 Å². The molecule has 12 heavy (non-hydrogen) atoms. The zero-order valence-electron chi connectivity index (χ0n) is 7.55. The van der Waals surface area contributed by atoms with E-state index in [1.54, 1.807) is 13.3 Å². The molecule has 0 radical (unpaired) electrons. The molecule has 1 saturated heterocycles. The Morgan fingerprint density at radius 3 is 2.58 bits per heavy atom. The van der Waals surface area contributed by atoms with Gasteiger partial charge in [0.2, 0.25) is 0 Å². The zero-order chi connectivity index (χ0) is 9.03. The van der Waals surface area contributed by atoms with Gasteiger partial charge in [0.15, 0.2) is 0 Å². The number of ether oxygens (including phenoxy) is 1. The number of piperidine rings is 1. The lowest BCUT2D eigenvalue weighted by Gasteiger charge is -2.35. The van der Waals surface area contributed by atoms with Gasteiger partial charge in [-0.1, -0.05) is 6.58 Å². The predicted octanol–water partition coefficient (Wildman–Crippen LogP) is 1.58. The van der Waals surface area contributed by atoms with Crippen molar-refractivity contribution in [1.29, 1.82) is 0 Å². The first kappa shape index (κ1) is 9.52. The topological polar surface area (TPSA) is 12.5 Å². The molecular formula is C9H16FNO. The molecule has 0 aromatic carbocycles. The highest BCUT2D eigenvalue weighted by Gasteiger charge is 2.33. The van der Waals surface area contributed by atoms with Crippen molar-refractivity contribution in [3.05, 3.63) is 12.8 Å². The van der Waals surface area contributed by atoms with Crippen LogP contribution in [0.4, 0.5) is 4.39 Å². The molecule has 1 rings (SSSR count). The minimum atomic E-state index is -1.10. The van der Waals surface area contributed by atoms with E-state index in [4.69, 9.17) is 4.74 Å². The Morgan fingerprint density at radius 2 is 2.17 bits per heavy atom. The second-order valence-electron chi connectivity index (χ2n) is 3.30. The third kappa shape index (κ3) is 2.21. The summed E-state index contributed by atoms with van der Waals surface area (Å²) < 4.78 is 18.5.